The molecular formula is C18H17BrN4S. The van der Waals surface area contributed by atoms with Crippen LogP contribution in [0.4, 0.5) is 11.4 Å². The first-order valence-corrected chi connectivity index (χ1v) is 8.70. The molecule has 0 aliphatic rings. The van der Waals surface area contributed by atoms with Crippen LogP contribution in [0.5, 0.6) is 0 Å². The third-order valence-electron chi connectivity index (χ3n) is 3.46. The molecule has 1 heterocycles. The summed E-state index contributed by atoms with van der Waals surface area (Å²) in [6.45, 7) is 2.77. The molecule has 0 aliphatic heterocycles. The van der Waals surface area contributed by atoms with E-state index < -0.39 is 0 Å². The molecule has 0 saturated heterocycles. The summed E-state index contributed by atoms with van der Waals surface area (Å²) in [5, 5.41) is 11.2. The van der Waals surface area contributed by atoms with Gasteiger partial charge < -0.3 is 10.6 Å². The SMILES string of the molecule is Cc1ccc(NC(=S)Nc2cnn(Cc3ccc(Br)cc3)c2)cc1. The van der Waals surface area contributed by atoms with Crippen LogP contribution >= 0.6 is 28.1 Å². The van der Waals surface area contributed by atoms with Gasteiger partial charge in [0.05, 0.1) is 18.4 Å². The minimum Gasteiger partial charge on any atom is -0.332 e. The van der Waals surface area contributed by atoms with Crippen LogP contribution in [-0.2, 0) is 6.54 Å². The summed E-state index contributed by atoms with van der Waals surface area (Å²) in [6, 6.07) is 16.3. The Bertz CT molecular complexity index is 825. The van der Waals surface area contributed by atoms with Crippen LogP contribution in [0, 0.1) is 6.92 Å². The maximum Gasteiger partial charge on any atom is 0.175 e. The molecule has 0 radical (unpaired) electrons. The molecule has 122 valence electrons. The van der Waals surface area contributed by atoms with Crippen molar-refractivity contribution in [1.29, 1.82) is 0 Å². The number of rotatable bonds is 4. The second kappa shape index (κ2) is 7.59. The molecule has 1 aromatic heterocycles. The van der Waals surface area contributed by atoms with Crippen molar-refractivity contribution >= 4 is 44.6 Å². The quantitative estimate of drug-likeness (QED) is 0.616. The molecule has 0 fully saturated rings. The van der Waals surface area contributed by atoms with Crippen molar-refractivity contribution in [1.82, 2.24) is 9.78 Å². The molecule has 2 N–H and O–H groups in total. The highest BCUT2D eigenvalue weighted by Crippen LogP contribution is 2.13. The maximum absolute atomic E-state index is 5.34. The number of hydrogen-bond donors (Lipinski definition) is 2. The van der Waals surface area contributed by atoms with Crippen LogP contribution in [0.15, 0.2) is 65.4 Å². The second-order valence-electron chi connectivity index (χ2n) is 5.50. The first-order valence-electron chi connectivity index (χ1n) is 7.50. The molecule has 0 amide bonds. The number of nitrogens with one attached hydrogen (secondary N) is 2. The minimum absolute atomic E-state index is 0.544. The van der Waals surface area contributed by atoms with Crippen molar-refractivity contribution in [3.63, 3.8) is 0 Å². The Hall–Kier alpha value is -2.18. The third-order valence-corrected chi connectivity index (χ3v) is 4.19. The zero-order valence-electron chi connectivity index (χ0n) is 13.2. The van der Waals surface area contributed by atoms with Crippen LogP contribution in [0.1, 0.15) is 11.1 Å². The van der Waals surface area contributed by atoms with Gasteiger partial charge in [-0.25, -0.2) is 0 Å². The van der Waals surface area contributed by atoms with Crippen LogP contribution in [-0.4, -0.2) is 14.9 Å². The molecule has 4 nitrogen and oxygen atoms in total. The van der Waals surface area contributed by atoms with Gasteiger partial charge in [-0.15, -0.1) is 0 Å². The fourth-order valence-corrected chi connectivity index (χ4v) is 2.72. The molecule has 24 heavy (non-hydrogen) atoms. The van der Waals surface area contributed by atoms with Crippen molar-refractivity contribution in [2.45, 2.75) is 13.5 Å². The van der Waals surface area contributed by atoms with Gasteiger partial charge in [-0.2, -0.15) is 5.10 Å². The second-order valence-corrected chi connectivity index (χ2v) is 6.82. The third kappa shape index (κ3) is 4.66. The van der Waals surface area contributed by atoms with Crippen molar-refractivity contribution in [2.75, 3.05) is 10.6 Å². The van der Waals surface area contributed by atoms with E-state index in [1.54, 1.807) is 6.20 Å². The largest absolute Gasteiger partial charge is 0.332 e. The van der Waals surface area contributed by atoms with Gasteiger partial charge in [0.15, 0.2) is 5.11 Å². The van der Waals surface area contributed by atoms with Crippen LogP contribution in [0.25, 0.3) is 0 Å². The Labute approximate surface area is 155 Å². The average Bonchev–Trinajstić information content (AvgIpc) is 2.99. The highest BCUT2D eigenvalue weighted by molar-refractivity contribution is 9.10. The van der Waals surface area contributed by atoms with Crippen molar-refractivity contribution < 1.29 is 0 Å². The van der Waals surface area contributed by atoms with Gasteiger partial charge in [0, 0.05) is 16.4 Å². The fraction of sp³-hybridized carbons (Fsp3) is 0.111. The van der Waals surface area contributed by atoms with E-state index in [0.29, 0.717) is 11.7 Å². The molecule has 3 rings (SSSR count). The smallest absolute Gasteiger partial charge is 0.175 e. The predicted molar refractivity (Wildman–Crippen MR) is 106 cm³/mol. The molecule has 2 aromatic carbocycles. The lowest BCUT2D eigenvalue weighted by Crippen LogP contribution is -2.18. The number of aromatic nitrogens is 2. The summed E-state index contributed by atoms with van der Waals surface area (Å²) in [5.41, 5.74) is 4.22. The lowest BCUT2D eigenvalue weighted by atomic mass is 10.2. The van der Waals surface area contributed by atoms with E-state index in [0.717, 1.165) is 15.8 Å². The molecule has 0 spiro atoms. The molecule has 0 atom stereocenters. The number of halogens is 1. The van der Waals surface area contributed by atoms with Gasteiger partial charge in [-0.05, 0) is 49.0 Å². The van der Waals surface area contributed by atoms with E-state index in [1.165, 1.54) is 11.1 Å². The zero-order chi connectivity index (χ0) is 16.9. The Kier molecular flexibility index (Phi) is 5.27. The monoisotopic (exact) mass is 400 g/mol. The summed E-state index contributed by atoms with van der Waals surface area (Å²) in [7, 11) is 0. The first-order chi connectivity index (χ1) is 11.6. The summed E-state index contributed by atoms with van der Waals surface area (Å²) in [6.07, 6.45) is 3.70. The lowest BCUT2D eigenvalue weighted by molar-refractivity contribution is 0.687. The normalized spacial score (nSPS) is 10.4. The average molecular weight is 401 g/mol. The van der Waals surface area contributed by atoms with Gasteiger partial charge in [0.25, 0.3) is 0 Å². The Morgan fingerprint density at radius 3 is 2.42 bits per heavy atom. The van der Waals surface area contributed by atoms with E-state index in [9.17, 15) is 0 Å². The van der Waals surface area contributed by atoms with E-state index in [-0.39, 0.29) is 0 Å². The summed E-state index contributed by atoms with van der Waals surface area (Å²) >= 11 is 8.78. The van der Waals surface area contributed by atoms with Crippen LogP contribution < -0.4 is 10.6 Å². The van der Waals surface area contributed by atoms with Crippen molar-refractivity contribution in [2.24, 2.45) is 0 Å². The van der Waals surface area contributed by atoms with Gasteiger partial charge in [0.1, 0.15) is 0 Å². The van der Waals surface area contributed by atoms with E-state index >= 15 is 0 Å². The number of thiocarbonyl (C=S) groups is 1. The molecule has 6 heteroatoms. The summed E-state index contributed by atoms with van der Waals surface area (Å²) < 4.78 is 2.95. The van der Waals surface area contributed by atoms with Crippen LogP contribution in [0.2, 0.25) is 0 Å². The number of aryl methyl sites for hydroxylation is 1. The molecule has 0 bridgehead atoms. The Balaban J connectivity index is 1.58. The van der Waals surface area contributed by atoms with Crippen molar-refractivity contribution in [3.8, 4) is 0 Å². The van der Waals surface area contributed by atoms with Crippen molar-refractivity contribution in [3.05, 3.63) is 76.5 Å². The number of anilines is 2. The Morgan fingerprint density at radius 2 is 1.71 bits per heavy atom. The van der Waals surface area contributed by atoms with Crippen LogP contribution in [0.3, 0.4) is 0 Å². The predicted octanol–water partition coefficient (Wildman–Crippen LogP) is 4.81. The number of nitrogens with zero attached hydrogens (tertiary/aromatic N) is 2. The van der Waals surface area contributed by atoms with Gasteiger partial charge in [0.2, 0.25) is 0 Å². The van der Waals surface area contributed by atoms with Gasteiger partial charge in [-0.3, -0.25) is 4.68 Å². The van der Waals surface area contributed by atoms with Gasteiger partial charge >= 0.3 is 0 Å². The number of benzene rings is 2. The summed E-state index contributed by atoms with van der Waals surface area (Å²) in [4.78, 5) is 0. The first kappa shape index (κ1) is 16.7. The maximum atomic E-state index is 5.34. The van der Waals surface area contributed by atoms with Gasteiger partial charge in [-0.1, -0.05) is 45.8 Å². The molecule has 0 saturated carbocycles. The highest BCUT2D eigenvalue weighted by atomic mass is 79.9. The van der Waals surface area contributed by atoms with E-state index in [4.69, 9.17) is 12.2 Å². The lowest BCUT2D eigenvalue weighted by Gasteiger charge is -2.09. The standard InChI is InChI=1S/C18H17BrN4S/c1-13-2-8-16(9-3-13)21-18(24)22-17-10-20-23(12-17)11-14-4-6-15(19)7-5-14/h2-10,12H,11H2,1H3,(H2,21,22,24). The van der Waals surface area contributed by atoms with E-state index in [1.807, 2.05) is 47.3 Å². The number of hydrogen-bond acceptors (Lipinski definition) is 2. The topological polar surface area (TPSA) is 41.9 Å². The zero-order valence-corrected chi connectivity index (χ0v) is 15.6. The fourth-order valence-electron chi connectivity index (χ4n) is 2.22. The minimum atomic E-state index is 0.544. The van der Waals surface area contributed by atoms with E-state index in [2.05, 4.69) is 50.7 Å². The molecule has 0 unspecified atom stereocenters. The highest BCUT2D eigenvalue weighted by Gasteiger charge is 2.03. The molecule has 0 aliphatic carbocycles. The summed E-state index contributed by atoms with van der Waals surface area (Å²) in [5.74, 6) is 0. The Morgan fingerprint density at radius 1 is 1.04 bits per heavy atom. The molecule has 3 aromatic rings. The molecular weight excluding hydrogens is 384 g/mol.